The lowest BCUT2D eigenvalue weighted by Crippen LogP contribution is -2.27. The van der Waals surface area contributed by atoms with E-state index in [1.807, 2.05) is 14.1 Å². The van der Waals surface area contributed by atoms with Crippen molar-refractivity contribution in [1.82, 2.24) is 10.2 Å². The second-order valence-corrected chi connectivity index (χ2v) is 5.13. The Morgan fingerprint density at radius 1 is 1.18 bits per heavy atom. The number of amides is 2. The average molecular weight is 301 g/mol. The molecule has 2 rings (SSSR count). The molecule has 0 unspecified atom stereocenters. The molecule has 6 heteroatoms. The van der Waals surface area contributed by atoms with E-state index in [9.17, 15) is 9.59 Å². The summed E-state index contributed by atoms with van der Waals surface area (Å²) < 4.78 is 5.16. The Hall–Kier alpha value is -2.60. The summed E-state index contributed by atoms with van der Waals surface area (Å²) in [7, 11) is 3.64. The first kappa shape index (κ1) is 15.8. The summed E-state index contributed by atoms with van der Waals surface area (Å²) in [4.78, 5) is 25.6. The summed E-state index contributed by atoms with van der Waals surface area (Å²) in [6.07, 6.45) is 1.56. The van der Waals surface area contributed by atoms with Gasteiger partial charge in [-0.05, 0) is 44.4 Å². The molecule has 1 heterocycles. The molecule has 0 aliphatic carbocycles. The van der Waals surface area contributed by atoms with E-state index in [1.165, 1.54) is 0 Å². The van der Waals surface area contributed by atoms with Crippen LogP contribution in [0.3, 0.4) is 0 Å². The number of carbonyl (C=O) groups is 2. The number of rotatable bonds is 6. The summed E-state index contributed by atoms with van der Waals surface area (Å²) >= 11 is 0. The molecule has 0 radical (unpaired) electrons. The van der Waals surface area contributed by atoms with Crippen LogP contribution in [0.2, 0.25) is 0 Å². The molecule has 0 bridgehead atoms. The summed E-state index contributed by atoms with van der Waals surface area (Å²) in [5.41, 5.74) is 1.08. The first-order chi connectivity index (χ1) is 10.5. The topological polar surface area (TPSA) is 74.6 Å². The smallest absolute Gasteiger partial charge is 0.251 e. The van der Waals surface area contributed by atoms with Crippen molar-refractivity contribution < 1.29 is 14.0 Å². The number of benzene rings is 1. The zero-order valence-corrected chi connectivity index (χ0v) is 12.6. The van der Waals surface area contributed by atoms with Crippen LogP contribution >= 0.6 is 0 Å². The fourth-order valence-electron chi connectivity index (χ4n) is 1.91. The van der Waals surface area contributed by atoms with Crippen LogP contribution in [0.5, 0.6) is 0 Å². The molecule has 0 saturated carbocycles. The molecule has 1 aromatic heterocycles. The highest BCUT2D eigenvalue weighted by Crippen LogP contribution is 2.11. The number of nitrogens with zero attached hydrogens (tertiary/aromatic N) is 1. The molecule has 0 aliphatic rings. The first-order valence-electron chi connectivity index (χ1n) is 6.90. The van der Waals surface area contributed by atoms with Crippen molar-refractivity contribution in [1.29, 1.82) is 0 Å². The lowest BCUT2D eigenvalue weighted by molar-refractivity contribution is -0.116. The monoisotopic (exact) mass is 301 g/mol. The minimum Gasteiger partial charge on any atom is -0.467 e. The molecular weight excluding hydrogens is 282 g/mol. The van der Waals surface area contributed by atoms with Crippen molar-refractivity contribution in [3.63, 3.8) is 0 Å². The zero-order valence-electron chi connectivity index (χ0n) is 12.6. The molecule has 0 aliphatic heterocycles. The SMILES string of the molecule is CN(C)CC(=O)Nc1cccc(C(=O)NCc2ccco2)c1. The van der Waals surface area contributed by atoms with Crippen molar-refractivity contribution in [2.24, 2.45) is 0 Å². The van der Waals surface area contributed by atoms with Gasteiger partial charge in [0, 0.05) is 11.3 Å². The second-order valence-electron chi connectivity index (χ2n) is 5.13. The molecule has 116 valence electrons. The number of hydrogen-bond donors (Lipinski definition) is 2. The van der Waals surface area contributed by atoms with E-state index in [4.69, 9.17) is 4.42 Å². The van der Waals surface area contributed by atoms with E-state index in [2.05, 4.69) is 10.6 Å². The van der Waals surface area contributed by atoms with Crippen molar-refractivity contribution in [3.05, 3.63) is 54.0 Å². The van der Waals surface area contributed by atoms with Gasteiger partial charge in [-0.3, -0.25) is 9.59 Å². The Morgan fingerprint density at radius 2 is 2.00 bits per heavy atom. The van der Waals surface area contributed by atoms with E-state index >= 15 is 0 Å². The predicted molar refractivity (Wildman–Crippen MR) is 83.5 cm³/mol. The Balaban J connectivity index is 1.95. The van der Waals surface area contributed by atoms with Crippen molar-refractivity contribution in [2.75, 3.05) is 26.0 Å². The van der Waals surface area contributed by atoms with Gasteiger partial charge in [0.15, 0.2) is 0 Å². The minimum atomic E-state index is -0.222. The summed E-state index contributed by atoms with van der Waals surface area (Å²) in [6, 6.07) is 10.4. The maximum absolute atomic E-state index is 12.1. The Morgan fingerprint density at radius 3 is 2.68 bits per heavy atom. The molecule has 0 fully saturated rings. The standard InChI is InChI=1S/C16H19N3O3/c1-19(2)11-15(20)18-13-6-3-5-12(9-13)16(21)17-10-14-7-4-8-22-14/h3-9H,10-11H2,1-2H3,(H,17,21)(H,18,20). The molecule has 2 amide bonds. The quantitative estimate of drug-likeness (QED) is 0.852. The number of furan rings is 1. The van der Waals surface area contributed by atoms with Gasteiger partial charge in [0.2, 0.25) is 5.91 Å². The number of hydrogen-bond acceptors (Lipinski definition) is 4. The van der Waals surface area contributed by atoms with Crippen LogP contribution in [0.1, 0.15) is 16.1 Å². The van der Waals surface area contributed by atoms with Gasteiger partial charge in [-0.25, -0.2) is 0 Å². The van der Waals surface area contributed by atoms with Crippen molar-refractivity contribution >= 4 is 17.5 Å². The molecule has 1 aromatic carbocycles. The van der Waals surface area contributed by atoms with Crippen LogP contribution in [0.15, 0.2) is 47.1 Å². The van der Waals surface area contributed by atoms with Crippen LogP contribution in [0.4, 0.5) is 5.69 Å². The van der Waals surface area contributed by atoms with Gasteiger partial charge < -0.3 is 20.0 Å². The second kappa shape index (κ2) is 7.42. The van der Waals surface area contributed by atoms with Crippen LogP contribution in [0.25, 0.3) is 0 Å². The minimum absolute atomic E-state index is 0.127. The van der Waals surface area contributed by atoms with E-state index in [0.717, 1.165) is 0 Å². The van der Waals surface area contributed by atoms with Crippen molar-refractivity contribution in [2.45, 2.75) is 6.54 Å². The highest BCUT2D eigenvalue weighted by atomic mass is 16.3. The lowest BCUT2D eigenvalue weighted by atomic mass is 10.2. The predicted octanol–water partition coefficient (Wildman–Crippen LogP) is 1.71. The molecule has 6 nitrogen and oxygen atoms in total. The Kier molecular flexibility index (Phi) is 5.32. The average Bonchev–Trinajstić information content (AvgIpc) is 2.97. The molecule has 0 spiro atoms. The largest absolute Gasteiger partial charge is 0.467 e. The van der Waals surface area contributed by atoms with E-state index < -0.39 is 0 Å². The number of nitrogens with one attached hydrogen (secondary N) is 2. The lowest BCUT2D eigenvalue weighted by Gasteiger charge is -2.11. The number of likely N-dealkylation sites (N-methyl/N-ethyl adjacent to an activating group) is 1. The number of carbonyl (C=O) groups excluding carboxylic acids is 2. The molecule has 0 atom stereocenters. The maximum Gasteiger partial charge on any atom is 0.251 e. The normalized spacial score (nSPS) is 10.5. The fraction of sp³-hybridized carbons (Fsp3) is 0.250. The highest BCUT2D eigenvalue weighted by molar-refractivity contribution is 5.97. The van der Waals surface area contributed by atoms with Crippen LogP contribution in [-0.4, -0.2) is 37.4 Å². The van der Waals surface area contributed by atoms with Crippen molar-refractivity contribution in [3.8, 4) is 0 Å². The van der Waals surface area contributed by atoms with Crippen LogP contribution in [-0.2, 0) is 11.3 Å². The third kappa shape index (κ3) is 4.75. The molecule has 0 saturated heterocycles. The van der Waals surface area contributed by atoms with Gasteiger partial charge in [-0.15, -0.1) is 0 Å². The Bertz CT molecular complexity index is 636. The van der Waals surface area contributed by atoms with Gasteiger partial charge in [0.1, 0.15) is 5.76 Å². The van der Waals surface area contributed by atoms with E-state index in [1.54, 1.807) is 47.6 Å². The molecular formula is C16H19N3O3. The van der Waals surface area contributed by atoms with Gasteiger partial charge in [0.25, 0.3) is 5.91 Å². The molecule has 2 N–H and O–H groups in total. The van der Waals surface area contributed by atoms with Crippen LogP contribution < -0.4 is 10.6 Å². The van der Waals surface area contributed by atoms with E-state index in [0.29, 0.717) is 23.6 Å². The van der Waals surface area contributed by atoms with Gasteiger partial charge in [-0.2, -0.15) is 0 Å². The third-order valence-corrected chi connectivity index (χ3v) is 2.87. The first-order valence-corrected chi connectivity index (χ1v) is 6.90. The van der Waals surface area contributed by atoms with Gasteiger partial charge >= 0.3 is 0 Å². The summed E-state index contributed by atoms with van der Waals surface area (Å²) in [6.45, 7) is 0.609. The van der Waals surface area contributed by atoms with Crippen LogP contribution in [0, 0.1) is 0 Å². The number of anilines is 1. The third-order valence-electron chi connectivity index (χ3n) is 2.87. The summed E-state index contributed by atoms with van der Waals surface area (Å²) in [5.74, 6) is 0.335. The summed E-state index contributed by atoms with van der Waals surface area (Å²) in [5, 5.41) is 5.52. The van der Waals surface area contributed by atoms with Gasteiger partial charge in [-0.1, -0.05) is 6.07 Å². The Labute approximate surface area is 129 Å². The zero-order chi connectivity index (χ0) is 15.9. The van der Waals surface area contributed by atoms with Gasteiger partial charge in [0.05, 0.1) is 19.4 Å². The molecule has 22 heavy (non-hydrogen) atoms. The highest BCUT2D eigenvalue weighted by Gasteiger charge is 2.09. The fourth-order valence-corrected chi connectivity index (χ4v) is 1.91. The maximum atomic E-state index is 12.1. The molecule has 2 aromatic rings. The van der Waals surface area contributed by atoms with E-state index in [-0.39, 0.29) is 18.4 Å².